The standard InChI is InChI=1S/C11H18N2O2/c1-5-11(6-2,10(14)15)13-9(4)7-8(3)12-13/h7H,5-6H2,1-4H3,(H,14,15). The number of carbonyl (C=O) groups is 1. The first kappa shape index (κ1) is 11.8. The van der Waals surface area contributed by atoms with Crippen LogP contribution in [0.5, 0.6) is 0 Å². The van der Waals surface area contributed by atoms with Gasteiger partial charge in [0.15, 0.2) is 5.54 Å². The van der Waals surface area contributed by atoms with E-state index in [0.29, 0.717) is 12.8 Å². The fourth-order valence-corrected chi connectivity index (χ4v) is 2.00. The van der Waals surface area contributed by atoms with Gasteiger partial charge in [-0.2, -0.15) is 5.10 Å². The molecular formula is C11H18N2O2. The minimum atomic E-state index is -0.891. The number of carboxylic acids is 1. The fourth-order valence-electron chi connectivity index (χ4n) is 2.00. The number of rotatable bonds is 4. The second-order valence-electron chi connectivity index (χ2n) is 3.88. The molecule has 1 N–H and O–H groups in total. The number of carboxylic acid groups (broad SMARTS) is 1. The molecular weight excluding hydrogens is 192 g/mol. The zero-order valence-corrected chi connectivity index (χ0v) is 9.74. The highest BCUT2D eigenvalue weighted by Crippen LogP contribution is 2.26. The largest absolute Gasteiger partial charge is 0.479 e. The van der Waals surface area contributed by atoms with Crippen molar-refractivity contribution in [3.05, 3.63) is 17.5 Å². The van der Waals surface area contributed by atoms with Crippen LogP contribution in [0.3, 0.4) is 0 Å². The summed E-state index contributed by atoms with van der Waals surface area (Å²) in [7, 11) is 0. The van der Waals surface area contributed by atoms with Crippen molar-refractivity contribution in [2.45, 2.75) is 46.1 Å². The molecule has 84 valence electrons. The monoisotopic (exact) mass is 210 g/mol. The molecule has 4 heteroatoms. The first-order valence-corrected chi connectivity index (χ1v) is 5.25. The molecule has 1 rings (SSSR count). The van der Waals surface area contributed by atoms with E-state index in [1.807, 2.05) is 33.8 Å². The second-order valence-corrected chi connectivity index (χ2v) is 3.88. The molecule has 0 amide bonds. The summed E-state index contributed by atoms with van der Waals surface area (Å²) >= 11 is 0. The van der Waals surface area contributed by atoms with Gasteiger partial charge in [0.05, 0.1) is 5.69 Å². The quantitative estimate of drug-likeness (QED) is 0.828. The van der Waals surface area contributed by atoms with Gasteiger partial charge in [-0.15, -0.1) is 0 Å². The summed E-state index contributed by atoms with van der Waals surface area (Å²) in [5, 5.41) is 13.6. The third-order valence-corrected chi connectivity index (χ3v) is 2.98. The van der Waals surface area contributed by atoms with Crippen LogP contribution in [0.15, 0.2) is 6.07 Å². The van der Waals surface area contributed by atoms with Crippen molar-refractivity contribution in [3.8, 4) is 0 Å². The lowest BCUT2D eigenvalue weighted by Gasteiger charge is -2.28. The minimum Gasteiger partial charge on any atom is -0.479 e. The Hall–Kier alpha value is -1.32. The van der Waals surface area contributed by atoms with Crippen LogP contribution < -0.4 is 0 Å². The smallest absolute Gasteiger partial charge is 0.331 e. The zero-order chi connectivity index (χ0) is 11.6. The van der Waals surface area contributed by atoms with Crippen molar-refractivity contribution < 1.29 is 9.90 Å². The van der Waals surface area contributed by atoms with Gasteiger partial charge in [-0.05, 0) is 32.8 Å². The van der Waals surface area contributed by atoms with E-state index in [-0.39, 0.29) is 0 Å². The van der Waals surface area contributed by atoms with E-state index in [1.165, 1.54) is 0 Å². The molecule has 0 aromatic carbocycles. The molecule has 1 heterocycles. The van der Waals surface area contributed by atoms with Gasteiger partial charge >= 0.3 is 5.97 Å². The van der Waals surface area contributed by atoms with Crippen LogP contribution in [0.2, 0.25) is 0 Å². The Morgan fingerprint density at radius 3 is 2.27 bits per heavy atom. The van der Waals surface area contributed by atoms with Crippen LogP contribution in [0.1, 0.15) is 38.1 Å². The Balaban J connectivity index is 3.32. The topological polar surface area (TPSA) is 55.1 Å². The van der Waals surface area contributed by atoms with Crippen LogP contribution in [-0.2, 0) is 10.3 Å². The average molecular weight is 210 g/mol. The van der Waals surface area contributed by atoms with Crippen LogP contribution in [0.4, 0.5) is 0 Å². The Kier molecular flexibility index (Phi) is 3.17. The molecule has 0 fully saturated rings. The third-order valence-electron chi connectivity index (χ3n) is 2.98. The third kappa shape index (κ3) is 1.76. The number of nitrogens with zero attached hydrogens (tertiary/aromatic N) is 2. The molecule has 0 aliphatic carbocycles. The Labute approximate surface area is 89.9 Å². The van der Waals surface area contributed by atoms with Crippen molar-refractivity contribution in [1.82, 2.24) is 9.78 Å². The van der Waals surface area contributed by atoms with Gasteiger partial charge in [0, 0.05) is 5.69 Å². The minimum absolute atomic E-state index is 0.542. The first-order chi connectivity index (χ1) is 6.97. The predicted octanol–water partition coefficient (Wildman–Crippen LogP) is 2.10. The Morgan fingerprint density at radius 1 is 1.47 bits per heavy atom. The van der Waals surface area contributed by atoms with Gasteiger partial charge < -0.3 is 5.11 Å². The molecule has 1 aromatic rings. The first-order valence-electron chi connectivity index (χ1n) is 5.25. The maximum absolute atomic E-state index is 11.4. The van der Waals surface area contributed by atoms with E-state index in [9.17, 15) is 9.90 Å². The molecule has 0 saturated heterocycles. The molecule has 0 unspecified atom stereocenters. The second kappa shape index (κ2) is 4.04. The number of hydrogen-bond acceptors (Lipinski definition) is 2. The number of aromatic nitrogens is 2. The van der Waals surface area contributed by atoms with Crippen LogP contribution in [0, 0.1) is 13.8 Å². The fraction of sp³-hybridized carbons (Fsp3) is 0.636. The molecule has 0 saturated carbocycles. The lowest BCUT2D eigenvalue weighted by molar-refractivity contribution is -0.148. The summed E-state index contributed by atoms with van der Waals surface area (Å²) in [6.07, 6.45) is 1.08. The van der Waals surface area contributed by atoms with Crippen molar-refractivity contribution >= 4 is 5.97 Å². The van der Waals surface area contributed by atoms with Gasteiger partial charge in [0.1, 0.15) is 0 Å². The molecule has 0 aliphatic rings. The molecule has 0 bridgehead atoms. The Bertz CT molecular complexity index is 365. The lowest BCUT2D eigenvalue weighted by Crippen LogP contribution is -2.42. The van der Waals surface area contributed by atoms with Gasteiger partial charge in [0.2, 0.25) is 0 Å². The van der Waals surface area contributed by atoms with Crippen molar-refractivity contribution in [1.29, 1.82) is 0 Å². The normalized spacial score (nSPS) is 11.7. The van der Waals surface area contributed by atoms with E-state index in [1.54, 1.807) is 4.68 Å². The van der Waals surface area contributed by atoms with Crippen molar-refractivity contribution in [2.24, 2.45) is 0 Å². The van der Waals surface area contributed by atoms with Crippen molar-refractivity contribution in [2.75, 3.05) is 0 Å². The highest BCUT2D eigenvalue weighted by Gasteiger charge is 2.38. The average Bonchev–Trinajstić information content (AvgIpc) is 2.49. The maximum Gasteiger partial charge on any atom is 0.331 e. The van der Waals surface area contributed by atoms with Gasteiger partial charge in [0.25, 0.3) is 0 Å². The summed E-state index contributed by atoms with van der Waals surface area (Å²) in [5.74, 6) is -0.807. The van der Waals surface area contributed by atoms with Crippen molar-refractivity contribution in [3.63, 3.8) is 0 Å². The molecule has 0 aliphatic heterocycles. The number of hydrogen-bond donors (Lipinski definition) is 1. The molecule has 0 spiro atoms. The summed E-state index contributed by atoms with van der Waals surface area (Å²) in [5.41, 5.74) is 0.872. The van der Waals surface area contributed by atoms with Crippen LogP contribution in [0.25, 0.3) is 0 Å². The summed E-state index contributed by atoms with van der Waals surface area (Å²) in [6.45, 7) is 7.53. The summed E-state index contributed by atoms with van der Waals surface area (Å²) in [6, 6.07) is 1.91. The van der Waals surface area contributed by atoms with E-state index in [2.05, 4.69) is 5.10 Å². The summed E-state index contributed by atoms with van der Waals surface area (Å²) < 4.78 is 1.64. The SMILES string of the molecule is CCC(CC)(C(=O)O)n1nc(C)cc1C. The lowest BCUT2D eigenvalue weighted by atomic mass is 9.93. The molecule has 4 nitrogen and oxygen atoms in total. The maximum atomic E-state index is 11.4. The number of aryl methyl sites for hydroxylation is 2. The van der Waals surface area contributed by atoms with Crippen LogP contribution in [-0.4, -0.2) is 20.9 Å². The van der Waals surface area contributed by atoms with E-state index in [4.69, 9.17) is 0 Å². The van der Waals surface area contributed by atoms with E-state index < -0.39 is 11.5 Å². The molecule has 0 atom stereocenters. The van der Waals surface area contributed by atoms with E-state index in [0.717, 1.165) is 11.4 Å². The van der Waals surface area contributed by atoms with Gasteiger partial charge in [-0.3, -0.25) is 4.68 Å². The van der Waals surface area contributed by atoms with Gasteiger partial charge in [-0.1, -0.05) is 13.8 Å². The predicted molar refractivity (Wildman–Crippen MR) is 57.9 cm³/mol. The molecule has 1 aromatic heterocycles. The Morgan fingerprint density at radius 2 is 2.00 bits per heavy atom. The molecule has 0 radical (unpaired) electrons. The van der Waals surface area contributed by atoms with Crippen LogP contribution >= 0.6 is 0 Å². The molecule has 15 heavy (non-hydrogen) atoms. The van der Waals surface area contributed by atoms with E-state index >= 15 is 0 Å². The highest BCUT2D eigenvalue weighted by molar-refractivity contribution is 5.76. The number of aliphatic carboxylic acids is 1. The van der Waals surface area contributed by atoms with Gasteiger partial charge in [-0.25, -0.2) is 4.79 Å². The highest BCUT2D eigenvalue weighted by atomic mass is 16.4. The summed E-state index contributed by atoms with van der Waals surface area (Å²) in [4.78, 5) is 11.4. The zero-order valence-electron chi connectivity index (χ0n) is 9.74.